The Balaban J connectivity index is 1.32. The Hall–Kier alpha value is -3.44. The lowest BCUT2D eigenvalue weighted by Crippen LogP contribution is -2.56. The van der Waals surface area contributed by atoms with Crippen molar-refractivity contribution in [2.75, 3.05) is 30.9 Å². The van der Waals surface area contributed by atoms with Crippen molar-refractivity contribution in [3.63, 3.8) is 0 Å². The van der Waals surface area contributed by atoms with Gasteiger partial charge in [0.15, 0.2) is 11.8 Å². The molecule has 6 atom stereocenters. The molecule has 2 heterocycles. The number of likely N-dealkylation sites (tertiary alicyclic amines) is 1. The van der Waals surface area contributed by atoms with Crippen LogP contribution in [0, 0.1) is 11.8 Å². The molecule has 1 aromatic carbocycles. The van der Waals surface area contributed by atoms with E-state index >= 15 is 8.78 Å². The highest BCUT2D eigenvalue weighted by molar-refractivity contribution is 6.04. The number of nitrogens with one attached hydrogen (secondary N) is 2. The summed E-state index contributed by atoms with van der Waals surface area (Å²) >= 11 is 0. The van der Waals surface area contributed by atoms with Crippen LogP contribution in [0.1, 0.15) is 130 Å². The minimum absolute atomic E-state index is 0.0202. The molecule has 0 bridgehead atoms. The van der Waals surface area contributed by atoms with Crippen molar-refractivity contribution >= 4 is 35.1 Å². The van der Waals surface area contributed by atoms with Crippen molar-refractivity contribution < 1.29 is 37.4 Å². The van der Waals surface area contributed by atoms with Crippen LogP contribution in [0.15, 0.2) is 18.2 Å². The fraction of sp³-hybridized carbons (Fsp3) is 0.750. The Labute approximate surface area is 309 Å². The summed E-state index contributed by atoms with van der Waals surface area (Å²) in [7, 11) is 3.01. The predicted octanol–water partition coefficient (Wildman–Crippen LogP) is 8.27. The molecule has 3 aliphatic rings. The SMILES string of the molecule is CCCCCCCCCC(NC(=O)OC1(C)CCC[C@H]1CCCCC(F)(F)C1C(=O)Nc2cc(OC)ccc2N1C)C(=O)N1CC[C@@H](C)[C@H]1C(C)=O. The summed E-state index contributed by atoms with van der Waals surface area (Å²) in [6.45, 7) is 8.06. The summed E-state index contributed by atoms with van der Waals surface area (Å²) < 4.78 is 42.5. The molecule has 1 saturated heterocycles. The second kappa shape index (κ2) is 18.5. The summed E-state index contributed by atoms with van der Waals surface area (Å²) in [6, 6.07) is 2.05. The van der Waals surface area contributed by atoms with Gasteiger partial charge in [0.2, 0.25) is 5.91 Å². The maximum absolute atomic E-state index is 15.6. The summed E-state index contributed by atoms with van der Waals surface area (Å²) in [6.07, 6.45) is 11.2. The summed E-state index contributed by atoms with van der Waals surface area (Å²) in [5, 5.41) is 5.50. The number of Topliss-reactive ketones (excluding diaryl/α,β-unsaturated/α-hetero) is 1. The Bertz CT molecular complexity index is 1390. The van der Waals surface area contributed by atoms with Crippen LogP contribution >= 0.6 is 0 Å². The number of ketones is 1. The second-order valence-corrected chi connectivity index (χ2v) is 15.6. The van der Waals surface area contributed by atoms with Crippen LogP contribution in [0.3, 0.4) is 0 Å². The van der Waals surface area contributed by atoms with E-state index in [1.54, 1.807) is 23.1 Å². The van der Waals surface area contributed by atoms with Gasteiger partial charge < -0.3 is 29.9 Å². The van der Waals surface area contributed by atoms with Gasteiger partial charge in [0.25, 0.3) is 11.8 Å². The lowest BCUT2D eigenvalue weighted by molar-refractivity contribution is -0.139. The van der Waals surface area contributed by atoms with Gasteiger partial charge in [-0.2, -0.15) is 0 Å². The topological polar surface area (TPSA) is 117 Å². The van der Waals surface area contributed by atoms with Gasteiger partial charge in [0.05, 0.1) is 24.5 Å². The molecule has 1 aromatic rings. The van der Waals surface area contributed by atoms with E-state index in [-0.39, 0.29) is 29.9 Å². The minimum atomic E-state index is -3.27. The number of rotatable bonds is 19. The van der Waals surface area contributed by atoms with Crippen molar-refractivity contribution in [3.8, 4) is 5.75 Å². The van der Waals surface area contributed by atoms with Gasteiger partial charge in [0, 0.05) is 26.1 Å². The van der Waals surface area contributed by atoms with Crippen LogP contribution in [0.2, 0.25) is 0 Å². The Morgan fingerprint density at radius 3 is 2.48 bits per heavy atom. The number of benzene rings is 1. The first-order valence-corrected chi connectivity index (χ1v) is 19.6. The number of unbranched alkanes of at least 4 members (excludes halogenated alkanes) is 7. The molecule has 1 saturated carbocycles. The molecule has 10 nitrogen and oxygen atoms in total. The summed E-state index contributed by atoms with van der Waals surface area (Å²) in [5.41, 5.74) is 0.141. The number of ether oxygens (including phenoxy) is 2. The van der Waals surface area contributed by atoms with Crippen molar-refractivity contribution in [2.45, 2.75) is 160 Å². The number of carbonyl (C=O) groups is 4. The second-order valence-electron chi connectivity index (χ2n) is 15.6. The highest BCUT2D eigenvalue weighted by atomic mass is 19.3. The molecule has 1 aliphatic carbocycles. The number of alkyl halides is 2. The van der Waals surface area contributed by atoms with Crippen molar-refractivity contribution in [2.24, 2.45) is 11.8 Å². The molecule has 52 heavy (non-hydrogen) atoms. The smallest absolute Gasteiger partial charge is 0.408 e. The minimum Gasteiger partial charge on any atom is -0.497 e. The van der Waals surface area contributed by atoms with Crippen molar-refractivity contribution in [3.05, 3.63) is 18.2 Å². The van der Waals surface area contributed by atoms with E-state index in [4.69, 9.17) is 9.47 Å². The van der Waals surface area contributed by atoms with Crippen LogP contribution in [0.25, 0.3) is 0 Å². The molecule has 3 amide bonds. The number of methoxy groups -OCH3 is 1. The first kappa shape index (κ1) is 41.3. The van der Waals surface area contributed by atoms with E-state index in [0.717, 1.165) is 44.9 Å². The van der Waals surface area contributed by atoms with Gasteiger partial charge in [-0.25, -0.2) is 13.6 Å². The number of carbonyl (C=O) groups excluding carboxylic acids is 4. The number of alkyl carbamates (subject to hydrolysis) is 1. The molecule has 0 spiro atoms. The maximum Gasteiger partial charge on any atom is 0.408 e. The van der Waals surface area contributed by atoms with Gasteiger partial charge >= 0.3 is 6.09 Å². The summed E-state index contributed by atoms with van der Waals surface area (Å²) in [5.74, 6) is -3.74. The van der Waals surface area contributed by atoms with Crippen LogP contribution in [0.5, 0.6) is 5.75 Å². The van der Waals surface area contributed by atoms with Crippen LogP contribution < -0.4 is 20.3 Å². The van der Waals surface area contributed by atoms with Gasteiger partial charge in [0.1, 0.15) is 17.4 Å². The fourth-order valence-electron chi connectivity index (χ4n) is 8.68. The van der Waals surface area contributed by atoms with E-state index in [1.165, 1.54) is 45.2 Å². The van der Waals surface area contributed by atoms with Crippen LogP contribution in [-0.4, -0.2) is 78.9 Å². The van der Waals surface area contributed by atoms with Crippen molar-refractivity contribution in [1.82, 2.24) is 10.2 Å². The number of fused-ring (bicyclic) bond motifs is 1. The Kier molecular flexibility index (Phi) is 14.7. The third kappa shape index (κ3) is 10.2. The molecule has 3 unspecified atom stereocenters. The van der Waals surface area contributed by atoms with E-state index < -0.39 is 48.1 Å². The number of halogens is 2. The molecular weight excluding hydrogens is 670 g/mol. The van der Waals surface area contributed by atoms with E-state index in [2.05, 4.69) is 17.6 Å². The molecule has 2 N–H and O–H groups in total. The Morgan fingerprint density at radius 1 is 1.08 bits per heavy atom. The van der Waals surface area contributed by atoms with E-state index in [9.17, 15) is 19.2 Å². The third-order valence-corrected chi connectivity index (χ3v) is 11.7. The first-order valence-electron chi connectivity index (χ1n) is 19.6. The monoisotopic (exact) mass is 732 g/mol. The zero-order valence-electron chi connectivity index (χ0n) is 32.2. The van der Waals surface area contributed by atoms with Gasteiger partial charge in [-0.15, -0.1) is 0 Å². The fourth-order valence-corrected chi connectivity index (χ4v) is 8.68. The first-order chi connectivity index (χ1) is 24.7. The largest absolute Gasteiger partial charge is 0.497 e. The number of anilines is 2. The molecule has 12 heteroatoms. The molecule has 292 valence electrons. The normalized spacial score (nSPS) is 25.0. The summed E-state index contributed by atoms with van der Waals surface area (Å²) in [4.78, 5) is 55.6. The lowest BCUT2D eigenvalue weighted by atomic mass is 9.87. The number of amides is 3. The van der Waals surface area contributed by atoms with Gasteiger partial charge in [-0.1, -0.05) is 65.2 Å². The lowest BCUT2D eigenvalue weighted by Gasteiger charge is -2.39. The van der Waals surface area contributed by atoms with E-state index in [0.29, 0.717) is 49.4 Å². The molecule has 4 rings (SSSR count). The van der Waals surface area contributed by atoms with Crippen LogP contribution in [-0.2, 0) is 19.1 Å². The van der Waals surface area contributed by atoms with Crippen LogP contribution in [0.4, 0.5) is 25.0 Å². The molecule has 0 radical (unpaired) electrons. The number of hydrogen-bond acceptors (Lipinski definition) is 7. The standard InChI is InChI=1S/C40H62F2N4O6/c1-7-8-9-10-11-12-13-19-31(37(49)46-25-22-27(2)34(46)28(3)47)44-38(50)52-39(4)23-16-18-29(39)17-14-15-24-40(41,42)35-36(48)43-32-26-30(51-6)20-21-33(32)45(35)5/h20-21,26-27,29,31,34-35H,7-19,22-25H2,1-6H3,(H,43,48)(H,44,50)/t27-,29-,31?,34+,35?,39?/m1/s1. The quantitative estimate of drug-likeness (QED) is 0.138. The average Bonchev–Trinajstić information content (AvgIpc) is 3.66. The number of nitrogens with zero attached hydrogens (tertiary/aromatic N) is 2. The number of hydrogen-bond donors (Lipinski definition) is 2. The molecular formula is C40H62F2N4O6. The zero-order valence-corrected chi connectivity index (χ0v) is 32.2. The average molecular weight is 733 g/mol. The highest BCUT2D eigenvalue weighted by Gasteiger charge is 2.49. The number of likely N-dealkylation sites (N-methyl/N-ethyl adjacent to an activating group) is 1. The highest BCUT2D eigenvalue weighted by Crippen LogP contribution is 2.43. The van der Waals surface area contributed by atoms with Gasteiger partial charge in [-0.05, 0) is 82.8 Å². The molecule has 2 aliphatic heterocycles. The molecule has 2 fully saturated rings. The third-order valence-electron chi connectivity index (χ3n) is 11.7. The Morgan fingerprint density at radius 2 is 1.79 bits per heavy atom. The van der Waals surface area contributed by atoms with Crippen molar-refractivity contribution in [1.29, 1.82) is 0 Å². The predicted molar refractivity (Wildman–Crippen MR) is 199 cm³/mol. The van der Waals surface area contributed by atoms with E-state index in [1.807, 2.05) is 13.8 Å². The molecule has 0 aromatic heterocycles. The van der Waals surface area contributed by atoms with Gasteiger partial charge in [-0.3, -0.25) is 14.4 Å². The maximum atomic E-state index is 15.6. The zero-order chi connectivity index (χ0) is 38.1.